The molecule has 4 rings (SSSR count). The summed E-state index contributed by atoms with van der Waals surface area (Å²) in [5.74, 6) is -0.140. The number of fused-ring (bicyclic) bond motifs is 1. The molecular formula is C29H36N4O5S. The maximum Gasteiger partial charge on any atom is 0.278 e. The first kappa shape index (κ1) is 28.5. The van der Waals surface area contributed by atoms with E-state index in [1.807, 2.05) is 51.1 Å². The number of hydrogen-bond acceptors (Lipinski definition) is 8. The minimum absolute atomic E-state index is 0.155. The number of benzene rings is 2. The van der Waals surface area contributed by atoms with Gasteiger partial charge in [0.2, 0.25) is 0 Å². The van der Waals surface area contributed by atoms with Gasteiger partial charge in [0.25, 0.3) is 11.8 Å². The predicted molar refractivity (Wildman–Crippen MR) is 155 cm³/mol. The fraction of sp³-hybridized carbons (Fsp3) is 0.414. The maximum absolute atomic E-state index is 13.5. The minimum Gasteiger partial charge on any atom is -0.492 e. The van der Waals surface area contributed by atoms with Crippen molar-refractivity contribution in [3.63, 3.8) is 0 Å². The molecule has 2 amide bonds. The maximum atomic E-state index is 13.5. The number of nitrogens with one attached hydrogen (secondary N) is 1. The quantitative estimate of drug-likeness (QED) is 0.244. The molecule has 0 aliphatic carbocycles. The lowest BCUT2D eigenvalue weighted by atomic mass is 9.94. The van der Waals surface area contributed by atoms with E-state index in [1.54, 1.807) is 26.2 Å². The fourth-order valence-electron chi connectivity index (χ4n) is 4.33. The highest BCUT2D eigenvalue weighted by molar-refractivity contribution is 7.14. The first-order chi connectivity index (χ1) is 18.6. The van der Waals surface area contributed by atoms with Gasteiger partial charge in [-0.15, -0.1) is 11.3 Å². The van der Waals surface area contributed by atoms with E-state index in [2.05, 4.69) is 15.4 Å². The number of amides is 2. The third-order valence-corrected chi connectivity index (χ3v) is 8.09. The van der Waals surface area contributed by atoms with Gasteiger partial charge in [-0.1, -0.05) is 50.2 Å². The molecule has 3 aromatic rings. The summed E-state index contributed by atoms with van der Waals surface area (Å²) in [4.78, 5) is 31.5. The molecule has 0 radical (unpaired) electrons. The van der Waals surface area contributed by atoms with E-state index < -0.39 is 5.91 Å². The molecule has 1 aliphatic rings. The number of rotatable bonds is 8. The van der Waals surface area contributed by atoms with Gasteiger partial charge in [0.15, 0.2) is 5.71 Å². The van der Waals surface area contributed by atoms with Gasteiger partial charge in [-0.25, -0.2) is 0 Å². The average molecular weight is 553 g/mol. The van der Waals surface area contributed by atoms with Crippen LogP contribution in [0.25, 0.3) is 10.8 Å². The van der Waals surface area contributed by atoms with E-state index in [0.717, 1.165) is 48.5 Å². The van der Waals surface area contributed by atoms with Crippen LogP contribution in [0, 0.1) is 0 Å². The van der Waals surface area contributed by atoms with E-state index in [0.29, 0.717) is 28.5 Å². The van der Waals surface area contributed by atoms with Gasteiger partial charge in [-0.3, -0.25) is 14.5 Å². The molecule has 9 nitrogen and oxygen atoms in total. The second-order valence-electron chi connectivity index (χ2n) is 10.7. The number of carbonyl (C=O) groups is 2. The summed E-state index contributed by atoms with van der Waals surface area (Å²) in [7, 11) is 3.34. The van der Waals surface area contributed by atoms with Gasteiger partial charge in [0.05, 0.1) is 18.9 Å². The van der Waals surface area contributed by atoms with Crippen molar-refractivity contribution < 1.29 is 24.3 Å². The SMILES string of the molecule is CN(C)C(=O)c1sc(C(C)(C)C)cc1NC(=O)/C(=N\O)c1ccc(OCCN2CCOCC2)c2ccccc12. The molecule has 1 aliphatic heterocycles. The minimum atomic E-state index is -0.616. The van der Waals surface area contributed by atoms with E-state index in [9.17, 15) is 14.8 Å². The second kappa shape index (κ2) is 12.1. The summed E-state index contributed by atoms with van der Waals surface area (Å²) in [6.07, 6.45) is 0. The highest BCUT2D eigenvalue weighted by Gasteiger charge is 2.27. The smallest absolute Gasteiger partial charge is 0.278 e. The molecule has 0 bridgehead atoms. The van der Waals surface area contributed by atoms with Crippen molar-refractivity contribution >= 4 is 45.3 Å². The van der Waals surface area contributed by atoms with Crippen LogP contribution < -0.4 is 10.1 Å². The summed E-state index contributed by atoms with van der Waals surface area (Å²) in [5.41, 5.74) is 0.481. The van der Waals surface area contributed by atoms with Crippen LogP contribution in [0.15, 0.2) is 47.6 Å². The molecule has 0 saturated carbocycles. The summed E-state index contributed by atoms with van der Waals surface area (Å²) < 4.78 is 11.5. The lowest BCUT2D eigenvalue weighted by Crippen LogP contribution is -2.38. The third-order valence-electron chi connectivity index (χ3n) is 6.54. The molecule has 2 aromatic carbocycles. The third kappa shape index (κ3) is 6.58. The van der Waals surface area contributed by atoms with E-state index in [1.165, 1.54) is 16.2 Å². The van der Waals surface area contributed by atoms with Crippen LogP contribution in [0.1, 0.15) is 40.9 Å². The Morgan fingerprint density at radius 2 is 1.82 bits per heavy atom. The van der Waals surface area contributed by atoms with Crippen molar-refractivity contribution in [1.82, 2.24) is 9.80 Å². The zero-order valence-electron chi connectivity index (χ0n) is 23.1. The summed E-state index contributed by atoms with van der Waals surface area (Å²) >= 11 is 1.35. The highest BCUT2D eigenvalue weighted by Crippen LogP contribution is 2.36. The van der Waals surface area contributed by atoms with Crippen LogP contribution >= 0.6 is 11.3 Å². The lowest BCUT2D eigenvalue weighted by Gasteiger charge is -2.26. The number of carbonyl (C=O) groups excluding carboxylic acids is 2. The molecule has 39 heavy (non-hydrogen) atoms. The molecule has 1 saturated heterocycles. The van der Waals surface area contributed by atoms with Crippen LogP contribution in [0.4, 0.5) is 5.69 Å². The zero-order valence-corrected chi connectivity index (χ0v) is 23.9. The lowest BCUT2D eigenvalue weighted by molar-refractivity contribution is -0.110. The Morgan fingerprint density at radius 3 is 2.46 bits per heavy atom. The number of morpholine rings is 1. The van der Waals surface area contributed by atoms with Gasteiger partial charge in [0, 0.05) is 49.6 Å². The fourth-order valence-corrected chi connectivity index (χ4v) is 5.52. The van der Waals surface area contributed by atoms with Gasteiger partial charge >= 0.3 is 0 Å². The van der Waals surface area contributed by atoms with Gasteiger partial charge < -0.3 is 24.9 Å². The van der Waals surface area contributed by atoms with Crippen molar-refractivity contribution in [1.29, 1.82) is 0 Å². The second-order valence-corrected chi connectivity index (χ2v) is 11.7. The Labute approximate surface area is 233 Å². The number of thiophene rings is 1. The first-order valence-corrected chi connectivity index (χ1v) is 13.8. The number of anilines is 1. The molecule has 0 spiro atoms. The molecule has 0 unspecified atom stereocenters. The summed E-state index contributed by atoms with van der Waals surface area (Å²) in [6.45, 7) is 10.7. The average Bonchev–Trinajstić information content (AvgIpc) is 3.34. The zero-order chi connectivity index (χ0) is 28.2. The van der Waals surface area contributed by atoms with Crippen molar-refractivity contribution in [2.45, 2.75) is 26.2 Å². The molecule has 10 heteroatoms. The molecule has 208 valence electrons. The number of nitrogens with zero attached hydrogens (tertiary/aromatic N) is 3. The van der Waals surface area contributed by atoms with Crippen LogP contribution in [-0.4, -0.2) is 86.1 Å². The molecule has 2 heterocycles. The Kier molecular flexibility index (Phi) is 8.89. The summed E-state index contributed by atoms with van der Waals surface area (Å²) in [5, 5.41) is 17.7. The van der Waals surface area contributed by atoms with Crippen molar-refractivity contribution in [2.75, 3.05) is 58.9 Å². The van der Waals surface area contributed by atoms with E-state index in [-0.39, 0.29) is 17.0 Å². The van der Waals surface area contributed by atoms with E-state index >= 15 is 0 Å². The Hall–Kier alpha value is -3.47. The van der Waals surface area contributed by atoms with Gasteiger partial charge in [0.1, 0.15) is 17.2 Å². The molecule has 1 fully saturated rings. The number of ether oxygens (including phenoxy) is 2. The van der Waals surface area contributed by atoms with Gasteiger partial charge in [-0.2, -0.15) is 0 Å². The largest absolute Gasteiger partial charge is 0.492 e. The highest BCUT2D eigenvalue weighted by atomic mass is 32.1. The van der Waals surface area contributed by atoms with Crippen LogP contribution in [0.5, 0.6) is 5.75 Å². The normalized spacial score (nSPS) is 14.8. The molecule has 2 N–H and O–H groups in total. The molecular weight excluding hydrogens is 516 g/mol. The van der Waals surface area contributed by atoms with E-state index in [4.69, 9.17) is 9.47 Å². The van der Waals surface area contributed by atoms with Gasteiger partial charge in [-0.05, 0) is 29.0 Å². The Balaban J connectivity index is 1.60. The van der Waals surface area contributed by atoms with Crippen molar-refractivity contribution in [3.8, 4) is 5.75 Å². The Morgan fingerprint density at radius 1 is 1.13 bits per heavy atom. The monoisotopic (exact) mass is 552 g/mol. The predicted octanol–water partition coefficient (Wildman–Crippen LogP) is 4.43. The Bertz CT molecular complexity index is 1370. The molecule has 0 atom stereocenters. The topological polar surface area (TPSA) is 104 Å². The summed E-state index contributed by atoms with van der Waals surface area (Å²) in [6, 6.07) is 12.9. The molecule has 1 aromatic heterocycles. The van der Waals surface area contributed by atoms with Crippen molar-refractivity contribution in [2.24, 2.45) is 5.16 Å². The van der Waals surface area contributed by atoms with Crippen molar-refractivity contribution in [3.05, 3.63) is 57.8 Å². The van der Waals surface area contributed by atoms with Crippen LogP contribution in [-0.2, 0) is 14.9 Å². The van der Waals surface area contributed by atoms with Crippen LogP contribution in [0.2, 0.25) is 0 Å². The van der Waals surface area contributed by atoms with Crippen LogP contribution in [0.3, 0.4) is 0 Å². The standard InChI is InChI=1S/C29H36N4O5S/c1-29(2,3)24-18-22(26(39-24)28(35)32(4)5)30-27(34)25(31-36)21-10-11-23(20-9-7-6-8-19(20)21)38-17-14-33-12-15-37-16-13-33/h6-11,18,36H,12-17H2,1-5H3,(H,30,34)/b31-25-. The first-order valence-electron chi connectivity index (χ1n) is 12.9. The number of oxime groups is 1. The number of hydrogen-bond donors (Lipinski definition) is 2.